The lowest BCUT2D eigenvalue weighted by molar-refractivity contribution is 0.114. The van der Waals surface area contributed by atoms with E-state index in [-0.39, 0.29) is 0 Å². The van der Waals surface area contributed by atoms with Crippen molar-refractivity contribution in [1.29, 1.82) is 0 Å². The molecular weight excluding hydrogens is 318 g/mol. The van der Waals surface area contributed by atoms with Gasteiger partial charge < -0.3 is 9.47 Å². The van der Waals surface area contributed by atoms with Gasteiger partial charge in [0.2, 0.25) is 0 Å². The van der Waals surface area contributed by atoms with Crippen LogP contribution in [0.15, 0.2) is 49.1 Å². The molecule has 0 spiro atoms. The quantitative estimate of drug-likeness (QED) is 0.643. The molecule has 2 aromatic rings. The van der Waals surface area contributed by atoms with Gasteiger partial charge in [-0.25, -0.2) is 0 Å². The van der Waals surface area contributed by atoms with Gasteiger partial charge in [-0.15, -0.1) is 17.9 Å². The smallest absolute Gasteiger partial charge is 0.119 e. The van der Waals surface area contributed by atoms with Gasteiger partial charge in [0.05, 0.1) is 13.2 Å². The third-order valence-electron chi connectivity index (χ3n) is 4.24. The second-order valence-electron chi connectivity index (χ2n) is 6.12. The van der Waals surface area contributed by atoms with Crippen molar-refractivity contribution in [2.75, 3.05) is 20.3 Å². The first-order valence-electron chi connectivity index (χ1n) is 8.45. The number of hydrogen-bond donors (Lipinski definition) is 0. The Balaban J connectivity index is 1.65. The van der Waals surface area contributed by atoms with E-state index in [0.29, 0.717) is 6.10 Å². The lowest BCUT2D eigenvalue weighted by Crippen LogP contribution is -2.22. The van der Waals surface area contributed by atoms with Gasteiger partial charge in [-0.1, -0.05) is 18.2 Å². The van der Waals surface area contributed by atoms with Gasteiger partial charge in [0.25, 0.3) is 0 Å². The molecule has 0 saturated carbocycles. The van der Waals surface area contributed by atoms with Gasteiger partial charge in [-0.2, -0.15) is 0 Å². The van der Waals surface area contributed by atoms with E-state index in [4.69, 9.17) is 9.47 Å². The SMILES string of the molecule is C=CCN(Cc1cccc(OC)c1)Cc1ccc([C@@H]2CCCO2)s1. The lowest BCUT2D eigenvalue weighted by atomic mass is 10.2. The van der Waals surface area contributed by atoms with E-state index in [2.05, 4.69) is 35.7 Å². The van der Waals surface area contributed by atoms with Crippen molar-refractivity contribution < 1.29 is 9.47 Å². The molecule has 2 heterocycles. The molecule has 0 amide bonds. The monoisotopic (exact) mass is 343 g/mol. The molecule has 0 radical (unpaired) electrons. The molecule has 1 fully saturated rings. The Kier molecular flexibility index (Phi) is 6.07. The van der Waals surface area contributed by atoms with Crippen LogP contribution in [-0.2, 0) is 17.8 Å². The summed E-state index contributed by atoms with van der Waals surface area (Å²) in [5.41, 5.74) is 1.26. The molecule has 4 heteroatoms. The largest absolute Gasteiger partial charge is 0.497 e. The second kappa shape index (κ2) is 8.47. The van der Waals surface area contributed by atoms with E-state index in [1.807, 2.05) is 29.5 Å². The number of rotatable bonds is 8. The Morgan fingerprint density at radius 3 is 3.00 bits per heavy atom. The van der Waals surface area contributed by atoms with E-state index < -0.39 is 0 Å². The second-order valence-corrected chi connectivity index (χ2v) is 7.32. The standard InChI is InChI=1S/C20H25NO2S/c1-3-11-21(14-16-6-4-7-17(13-16)22-2)15-18-9-10-20(24-18)19-8-5-12-23-19/h3-4,6-7,9-10,13,19H,1,5,8,11-12,14-15H2,2H3/t19-/m0/s1. The topological polar surface area (TPSA) is 21.7 Å². The summed E-state index contributed by atoms with van der Waals surface area (Å²) in [5.74, 6) is 0.905. The molecule has 1 aromatic heterocycles. The molecule has 1 aliphatic heterocycles. The molecule has 0 N–H and O–H groups in total. The van der Waals surface area contributed by atoms with Gasteiger partial charge in [0.15, 0.2) is 0 Å². The van der Waals surface area contributed by atoms with Crippen LogP contribution >= 0.6 is 11.3 Å². The van der Waals surface area contributed by atoms with Gasteiger partial charge in [0, 0.05) is 36.0 Å². The van der Waals surface area contributed by atoms with E-state index in [1.54, 1.807) is 7.11 Å². The molecule has 1 aromatic carbocycles. The number of thiophene rings is 1. The molecule has 3 rings (SSSR count). The van der Waals surface area contributed by atoms with Crippen molar-refractivity contribution in [1.82, 2.24) is 4.90 Å². The highest BCUT2D eigenvalue weighted by atomic mass is 32.1. The third-order valence-corrected chi connectivity index (χ3v) is 5.40. The van der Waals surface area contributed by atoms with Crippen LogP contribution in [0.1, 0.15) is 34.3 Å². The molecule has 128 valence electrons. The molecule has 0 unspecified atom stereocenters. The summed E-state index contributed by atoms with van der Waals surface area (Å²) in [5, 5.41) is 0. The first-order valence-corrected chi connectivity index (χ1v) is 9.26. The highest BCUT2D eigenvalue weighted by Crippen LogP contribution is 2.33. The van der Waals surface area contributed by atoms with Crippen molar-refractivity contribution in [3.8, 4) is 5.75 Å². The number of ether oxygens (including phenoxy) is 2. The minimum atomic E-state index is 0.315. The summed E-state index contributed by atoms with van der Waals surface area (Å²) in [6.07, 6.45) is 4.61. The fraction of sp³-hybridized carbons (Fsp3) is 0.400. The molecule has 1 saturated heterocycles. The maximum atomic E-state index is 5.79. The predicted molar refractivity (Wildman–Crippen MR) is 99.6 cm³/mol. The van der Waals surface area contributed by atoms with E-state index >= 15 is 0 Å². The minimum absolute atomic E-state index is 0.315. The van der Waals surface area contributed by atoms with Crippen molar-refractivity contribution in [3.63, 3.8) is 0 Å². The van der Waals surface area contributed by atoms with E-state index in [9.17, 15) is 0 Å². The Labute approximate surface area is 148 Å². The van der Waals surface area contributed by atoms with Crippen LogP contribution < -0.4 is 4.74 Å². The first-order chi connectivity index (χ1) is 11.8. The molecule has 0 bridgehead atoms. The van der Waals surface area contributed by atoms with Crippen LogP contribution in [0.2, 0.25) is 0 Å². The van der Waals surface area contributed by atoms with Crippen LogP contribution in [0, 0.1) is 0 Å². The van der Waals surface area contributed by atoms with Crippen LogP contribution in [0.3, 0.4) is 0 Å². The Bertz CT molecular complexity index is 661. The zero-order valence-electron chi connectivity index (χ0n) is 14.2. The zero-order chi connectivity index (χ0) is 16.8. The summed E-state index contributed by atoms with van der Waals surface area (Å²) in [6, 6.07) is 12.7. The number of methoxy groups -OCH3 is 1. The maximum absolute atomic E-state index is 5.79. The normalized spacial score (nSPS) is 17.3. The van der Waals surface area contributed by atoms with Gasteiger partial charge in [-0.3, -0.25) is 4.90 Å². The highest BCUT2D eigenvalue weighted by Gasteiger charge is 2.19. The zero-order valence-corrected chi connectivity index (χ0v) is 15.1. The van der Waals surface area contributed by atoms with Crippen molar-refractivity contribution >= 4 is 11.3 Å². The molecule has 1 aliphatic rings. The van der Waals surface area contributed by atoms with Crippen molar-refractivity contribution in [2.24, 2.45) is 0 Å². The lowest BCUT2D eigenvalue weighted by Gasteiger charge is -2.20. The van der Waals surface area contributed by atoms with Gasteiger partial charge in [-0.05, 0) is 42.7 Å². The van der Waals surface area contributed by atoms with Crippen molar-refractivity contribution in [2.45, 2.75) is 32.0 Å². The molecular formula is C20H25NO2S. The summed E-state index contributed by atoms with van der Waals surface area (Å²) >= 11 is 1.88. The molecule has 24 heavy (non-hydrogen) atoms. The Morgan fingerprint density at radius 1 is 1.33 bits per heavy atom. The van der Waals surface area contributed by atoms with Crippen LogP contribution in [0.25, 0.3) is 0 Å². The van der Waals surface area contributed by atoms with E-state index in [0.717, 1.165) is 38.4 Å². The average Bonchev–Trinajstić information content (AvgIpc) is 3.26. The predicted octanol–water partition coefficient (Wildman–Crippen LogP) is 4.80. The number of nitrogens with zero attached hydrogens (tertiary/aromatic N) is 1. The van der Waals surface area contributed by atoms with Crippen LogP contribution in [0.5, 0.6) is 5.75 Å². The highest BCUT2D eigenvalue weighted by molar-refractivity contribution is 7.12. The first kappa shape index (κ1) is 17.2. The summed E-state index contributed by atoms with van der Waals surface area (Å²) in [6.45, 7) is 7.48. The van der Waals surface area contributed by atoms with Crippen LogP contribution in [-0.4, -0.2) is 25.2 Å². The molecule has 1 atom stereocenters. The Hall–Kier alpha value is -1.62. The number of hydrogen-bond acceptors (Lipinski definition) is 4. The fourth-order valence-corrected chi connectivity index (χ4v) is 4.21. The van der Waals surface area contributed by atoms with Gasteiger partial charge in [0.1, 0.15) is 5.75 Å². The third kappa shape index (κ3) is 4.47. The minimum Gasteiger partial charge on any atom is -0.497 e. The molecule has 3 nitrogen and oxygen atoms in total. The summed E-state index contributed by atoms with van der Waals surface area (Å²) in [4.78, 5) is 5.14. The van der Waals surface area contributed by atoms with Crippen molar-refractivity contribution in [3.05, 3.63) is 64.4 Å². The summed E-state index contributed by atoms with van der Waals surface area (Å²) in [7, 11) is 1.71. The maximum Gasteiger partial charge on any atom is 0.119 e. The summed E-state index contributed by atoms with van der Waals surface area (Å²) < 4.78 is 11.1. The van der Waals surface area contributed by atoms with Gasteiger partial charge >= 0.3 is 0 Å². The number of benzene rings is 1. The Morgan fingerprint density at radius 2 is 2.25 bits per heavy atom. The van der Waals surface area contributed by atoms with E-state index in [1.165, 1.54) is 21.7 Å². The fourth-order valence-electron chi connectivity index (χ4n) is 3.07. The van der Waals surface area contributed by atoms with Crippen LogP contribution in [0.4, 0.5) is 0 Å². The average molecular weight is 343 g/mol. The molecule has 0 aliphatic carbocycles.